The molecule has 5 heteroatoms. The Bertz CT molecular complexity index is 779. The lowest BCUT2D eigenvalue weighted by Crippen LogP contribution is -2.12. The molecule has 0 fully saturated rings. The van der Waals surface area contributed by atoms with Crippen molar-refractivity contribution in [2.24, 2.45) is 5.73 Å². The first-order valence-corrected chi connectivity index (χ1v) is 6.36. The van der Waals surface area contributed by atoms with Crippen molar-refractivity contribution in [1.82, 2.24) is 9.78 Å². The maximum Gasteiger partial charge on any atom is 0.252 e. The van der Waals surface area contributed by atoms with Crippen LogP contribution in [-0.2, 0) is 0 Å². The summed E-state index contributed by atoms with van der Waals surface area (Å²) in [5.41, 5.74) is 7.72. The highest BCUT2D eigenvalue weighted by Crippen LogP contribution is 2.26. The first kappa shape index (κ1) is 13.1. The number of halogens is 1. The number of benzene rings is 2. The molecule has 0 aliphatic rings. The molecule has 21 heavy (non-hydrogen) atoms. The van der Waals surface area contributed by atoms with E-state index in [1.807, 2.05) is 30.3 Å². The summed E-state index contributed by atoms with van der Waals surface area (Å²) >= 11 is 0. The van der Waals surface area contributed by atoms with Gasteiger partial charge in [-0.3, -0.25) is 4.79 Å². The SMILES string of the molecule is NC(=O)c1cnn(-c2ccccc2)c1-c1ccc(F)cc1. The Morgan fingerprint density at radius 2 is 1.71 bits per heavy atom. The second-order valence-electron chi connectivity index (χ2n) is 4.53. The molecule has 2 aromatic carbocycles. The fraction of sp³-hybridized carbons (Fsp3) is 0. The number of nitrogens with zero attached hydrogens (tertiary/aromatic N) is 2. The van der Waals surface area contributed by atoms with Crippen LogP contribution in [0, 0.1) is 5.82 Å². The number of carbonyl (C=O) groups is 1. The average molecular weight is 281 g/mol. The number of para-hydroxylation sites is 1. The van der Waals surface area contributed by atoms with Gasteiger partial charge in [-0.2, -0.15) is 5.10 Å². The molecular weight excluding hydrogens is 269 g/mol. The van der Waals surface area contributed by atoms with E-state index >= 15 is 0 Å². The van der Waals surface area contributed by atoms with Gasteiger partial charge in [-0.25, -0.2) is 9.07 Å². The molecule has 1 amide bonds. The highest BCUT2D eigenvalue weighted by molar-refractivity contribution is 5.99. The number of amides is 1. The molecule has 0 bridgehead atoms. The third-order valence-corrected chi connectivity index (χ3v) is 3.15. The molecule has 1 aromatic heterocycles. The van der Waals surface area contributed by atoms with Crippen LogP contribution in [0.25, 0.3) is 16.9 Å². The Kier molecular flexibility index (Phi) is 3.23. The summed E-state index contributed by atoms with van der Waals surface area (Å²) in [5, 5.41) is 4.23. The predicted molar refractivity (Wildman–Crippen MR) is 77.5 cm³/mol. The van der Waals surface area contributed by atoms with E-state index in [1.54, 1.807) is 16.8 Å². The minimum atomic E-state index is -0.573. The number of hydrogen-bond acceptors (Lipinski definition) is 2. The van der Waals surface area contributed by atoms with E-state index in [0.717, 1.165) is 5.69 Å². The van der Waals surface area contributed by atoms with Gasteiger partial charge in [0.1, 0.15) is 5.82 Å². The molecule has 4 nitrogen and oxygen atoms in total. The maximum absolute atomic E-state index is 13.1. The second-order valence-corrected chi connectivity index (χ2v) is 4.53. The smallest absolute Gasteiger partial charge is 0.252 e. The van der Waals surface area contributed by atoms with E-state index in [0.29, 0.717) is 16.8 Å². The van der Waals surface area contributed by atoms with Crippen LogP contribution < -0.4 is 5.73 Å². The Hall–Kier alpha value is -2.95. The van der Waals surface area contributed by atoms with Gasteiger partial charge >= 0.3 is 0 Å². The van der Waals surface area contributed by atoms with Gasteiger partial charge in [0, 0.05) is 5.56 Å². The minimum Gasteiger partial charge on any atom is -0.365 e. The van der Waals surface area contributed by atoms with E-state index in [2.05, 4.69) is 5.10 Å². The quantitative estimate of drug-likeness (QED) is 0.802. The second kappa shape index (κ2) is 5.20. The molecular formula is C16H12FN3O. The highest BCUT2D eigenvalue weighted by atomic mass is 19.1. The van der Waals surface area contributed by atoms with Crippen LogP contribution in [0.4, 0.5) is 4.39 Å². The number of rotatable bonds is 3. The van der Waals surface area contributed by atoms with E-state index < -0.39 is 5.91 Å². The van der Waals surface area contributed by atoms with Crippen LogP contribution in [0.3, 0.4) is 0 Å². The molecule has 2 N–H and O–H groups in total. The van der Waals surface area contributed by atoms with Crippen LogP contribution in [0.15, 0.2) is 60.8 Å². The van der Waals surface area contributed by atoms with Gasteiger partial charge in [-0.15, -0.1) is 0 Å². The molecule has 0 radical (unpaired) electrons. The van der Waals surface area contributed by atoms with Crippen molar-refractivity contribution in [2.75, 3.05) is 0 Å². The Morgan fingerprint density at radius 3 is 2.33 bits per heavy atom. The molecule has 1 heterocycles. The number of carbonyl (C=O) groups excluding carboxylic acids is 1. The zero-order valence-electron chi connectivity index (χ0n) is 11.0. The van der Waals surface area contributed by atoms with Gasteiger partial charge in [0.25, 0.3) is 5.91 Å². The highest BCUT2D eigenvalue weighted by Gasteiger charge is 2.17. The summed E-state index contributed by atoms with van der Waals surface area (Å²) in [6.07, 6.45) is 1.42. The van der Waals surface area contributed by atoms with Gasteiger partial charge in [0.15, 0.2) is 0 Å². The third-order valence-electron chi connectivity index (χ3n) is 3.15. The fourth-order valence-electron chi connectivity index (χ4n) is 2.18. The normalized spacial score (nSPS) is 10.5. The lowest BCUT2D eigenvalue weighted by molar-refractivity contribution is 0.100. The predicted octanol–water partition coefficient (Wildman–Crippen LogP) is 2.78. The number of primary amides is 1. The molecule has 0 atom stereocenters. The van der Waals surface area contributed by atoms with Crippen molar-refractivity contribution < 1.29 is 9.18 Å². The lowest BCUT2D eigenvalue weighted by atomic mass is 10.1. The Labute approximate surface area is 120 Å². The molecule has 0 aliphatic carbocycles. The summed E-state index contributed by atoms with van der Waals surface area (Å²) in [7, 11) is 0. The van der Waals surface area contributed by atoms with Crippen LogP contribution in [0.1, 0.15) is 10.4 Å². The molecule has 0 spiro atoms. The van der Waals surface area contributed by atoms with Crippen molar-refractivity contribution in [3.8, 4) is 16.9 Å². The van der Waals surface area contributed by atoms with Gasteiger partial charge in [0.05, 0.1) is 23.1 Å². The molecule has 104 valence electrons. The van der Waals surface area contributed by atoms with E-state index in [-0.39, 0.29) is 5.82 Å². The fourth-order valence-corrected chi connectivity index (χ4v) is 2.18. The van der Waals surface area contributed by atoms with Crippen molar-refractivity contribution in [3.05, 3.63) is 72.2 Å². The van der Waals surface area contributed by atoms with Crippen LogP contribution in [-0.4, -0.2) is 15.7 Å². The largest absolute Gasteiger partial charge is 0.365 e. The monoisotopic (exact) mass is 281 g/mol. The Morgan fingerprint density at radius 1 is 1.05 bits per heavy atom. The van der Waals surface area contributed by atoms with Crippen molar-refractivity contribution in [3.63, 3.8) is 0 Å². The summed E-state index contributed by atoms with van der Waals surface area (Å²) in [6, 6.07) is 15.2. The molecule has 0 saturated carbocycles. The maximum atomic E-state index is 13.1. The van der Waals surface area contributed by atoms with Crippen LogP contribution in [0.5, 0.6) is 0 Å². The number of nitrogens with two attached hydrogens (primary N) is 1. The molecule has 0 saturated heterocycles. The van der Waals surface area contributed by atoms with E-state index in [9.17, 15) is 9.18 Å². The first-order chi connectivity index (χ1) is 10.2. The van der Waals surface area contributed by atoms with Crippen molar-refractivity contribution >= 4 is 5.91 Å². The van der Waals surface area contributed by atoms with Crippen LogP contribution in [0.2, 0.25) is 0 Å². The third kappa shape index (κ3) is 2.41. The topological polar surface area (TPSA) is 60.9 Å². The van der Waals surface area contributed by atoms with E-state index in [4.69, 9.17) is 5.73 Å². The van der Waals surface area contributed by atoms with Gasteiger partial charge < -0.3 is 5.73 Å². The van der Waals surface area contributed by atoms with Gasteiger partial charge in [0.2, 0.25) is 0 Å². The summed E-state index contributed by atoms with van der Waals surface area (Å²) in [5.74, 6) is -0.915. The lowest BCUT2D eigenvalue weighted by Gasteiger charge is -2.09. The molecule has 0 aliphatic heterocycles. The molecule has 3 aromatic rings. The van der Waals surface area contributed by atoms with Gasteiger partial charge in [-0.1, -0.05) is 18.2 Å². The zero-order valence-corrected chi connectivity index (χ0v) is 11.0. The minimum absolute atomic E-state index is 0.297. The molecule has 0 unspecified atom stereocenters. The van der Waals surface area contributed by atoms with Crippen molar-refractivity contribution in [2.45, 2.75) is 0 Å². The standard InChI is InChI=1S/C16H12FN3O/c17-12-8-6-11(7-9-12)15-14(16(18)21)10-19-20(15)13-4-2-1-3-5-13/h1-10H,(H2,18,21). The van der Waals surface area contributed by atoms with E-state index in [1.165, 1.54) is 18.3 Å². The van der Waals surface area contributed by atoms with Crippen molar-refractivity contribution in [1.29, 1.82) is 0 Å². The zero-order chi connectivity index (χ0) is 14.8. The average Bonchev–Trinajstić information content (AvgIpc) is 2.94. The Balaban J connectivity index is 2.23. The summed E-state index contributed by atoms with van der Waals surface area (Å²) in [4.78, 5) is 11.6. The summed E-state index contributed by atoms with van der Waals surface area (Å²) < 4.78 is 14.7. The number of aromatic nitrogens is 2. The van der Waals surface area contributed by atoms with Gasteiger partial charge in [-0.05, 0) is 36.4 Å². The summed E-state index contributed by atoms with van der Waals surface area (Å²) in [6.45, 7) is 0. The number of hydrogen-bond donors (Lipinski definition) is 1. The molecule has 3 rings (SSSR count). The first-order valence-electron chi connectivity index (χ1n) is 6.36. The van der Waals surface area contributed by atoms with Crippen LogP contribution >= 0.6 is 0 Å².